The van der Waals surface area contributed by atoms with E-state index < -0.39 is 0 Å². The summed E-state index contributed by atoms with van der Waals surface area (Å²) < 4.78 is 0. The zero-order valence-corrected chi connectivity index (χ0v) is 14.5. The van der Waals surface area contributed by atoms with Crippen molar-refractivity contribution in [2.75, 3.05) is 11.4 Å². The van der Waals surface area contributed by atoms with Gasteiger partial charge in [0.15, 0.2) is 5.82 Å². The summed E-state index contributed by atoms with van der Waals surface area (Å²) in [5.41, 5.74) is 1.59. The fourth-order valence-corrected chi connectivity index (χ4v) is 4.23. The van der Waals surface area contributed by atoms with Gasteiger partial charge >= 0.3 is 0 Å². The molecule has 1 spiro atoms. The maximum absolute atomic E-state index is 4.49. The van der Waals surface area contributed by atoms with Crippen molar-refractivity contribution in [1.82, 2.24) is 30.2 Å². The lowest BCUT2D eigenvalue weighted by Crippen LogP contribution is -2.29. The number of aryl methyl sites for hydroxylation is 2. The minimum absolute atomic E-state index is 0.606. The molecule has 2 saturated carbocycles. The molecule has 0 N–H and O–H groups in total. The van der Waals surface area contributed by atoms with Gasteiger partial charge < -0.3 is 4.90 Å². The van der Waals surface area contributed by atoms with Gasteiger partial charge in [0.1, 0.15) is 12.1 Å². The van der Waals surface area contributed by atoms with E-state index in [0.717, 1.165) is 29.8 Å². The number of nitrogens with zero attached hydrogens (tertiary/aromatic N) is 7. The summed E-state index contributed by atoms with van der Waals surface area (Å²) >= 11 is 0. The minimum atomic E-state index is 0.606. The number of anilines is 1. The summed E-state index contributed by atoms with van der Waals surface area (Å²) in [7, 11) is 1.80. The molecule has 0 bridgehead atoms. The van der Waals surface area contributed by atoms with Gasteiger partial charge in [0.05, 0.1) is 13.6 Å². The van der Waals surface area contributed by atoms with E-state index in [2.05, 4.69) is 30.3 Å². The molecule has 2 aromatic rings. The van der Waals surface area contributed by atoms with Crippen LogP contribution in [0.5, 0.6) is 0 Å². The van der Waals surface area contributed by atoms with E-state index in [1.165, 1.54) is 43.3 Å². The van der Waals surface area contributed by atoms with E-state index in [1.807, 2.05) is 13.0 Å². The molecule has 1 unspecified atom stereocenters. The molecule has 2 fully saturated rings. The van der Waals surface area contributed by atoms with Crippen LogP contribution in [0, 0.1) is 18.3 Å². The van der Waals surface area contributed by atoms with E-state index in [0.29, 0.717) is 12.0 Å². The summed E-state index contributed by atoms with van der Waals surface area (Å²) in [5.74, 6) is 2.48. The molecule has 7 nitrogen and oxygen atoms in total. The Morgan fingerprint density at radius 3 is 2.79 bits per heavy atom. The average Bonchev–Trinajstić information content (AvgIpc) is 3.03. The Balaban J connectivity index is 1.52. The largest absolute Gasteiger partial charge is 0.349 e. The fraction of sp³-hybridized carbons (Fsp3) is 0.706. The highest BCUT2D eigenvalue weighted by Crippen LogP contribution is 2.61. The first-order chi connectivity index (χ1) is 11.6. The lowest BCUT2D eigenvalue weighted by molar-refractivity contribution is 0.307. The molecule has 7 heteroatoms. The molecule has 128 valence electrons. The molecule has 2 heterocycles. The van der Waals surface area contributed by atoms with Crippen molar-refractivity contribution in [3.63, 3.8) is 0 Å². The van der Waals surface area contributed by atoms with Crippen LogP contribution in [0.3, 0.4) is 0 Å². The fourth-order valence-electron chi connectivity index (χ4n) is 4.23. The maximum Gasteiger partial charge on any atom is 0.194 e. The van der Waals surface area contributed by atoms with Crippen molar-refractivity contribution >= 4 is 5.82 Å². The Morgan fingerprint density at radius 1 is 1.25 bits per heavy atom. The summed E-state index contributed by atoms with van der Waals surface area (Å²) in [6.07, 6.45) is 10.0. The summed E-state index contributed by atoms with van der Waals surface area (Å²) in [5, 5.41) is 12.4. The van der Waals surface area contributed by atoms with Gasteiger partial charge in [-0.3, -0.25) is 0 Å². The highest BCUT2D eigenvalue weighted by atomic mass is 15.6. The lowest BCUT2D eigenvalue weighted by Gasteiger charge is -2.27. The van der Waals surface area contributed by atoms with Crippen LogP contribution in [0.1, 0.15) is 50.0 Å². The predicted octanol–water partition coefficient (Wildman–Crippen LogP) is 2.29. The predicted molar refractivity (Wildman–Crippen MR) is 90.2 cm³/mol. The van der Waals surface area contributed by atoms with Crippen LogP contribution < -0.4 is 4.90 Å². The van der Waals surface area contributed by atoms with Crippen molar-refractivity contribution in [3.8, 4) is 0 Å². The van der Waals surface area contributed by atoms with Crippen LogP contribution >= 0.6 is 0 Å². The van der Waals surface area contributed by atoms with Crippen molar-refractivity contribution in [3.05, 3.63) is 23.9 Å². The van der Waals surface area contributed by atoms with Gasteiger partial charge in [-0.05, 0) is 42.7 Å². The molecule has 0 radical (unpaired) electrons. The van der Waals surface area contributed by atoms with Crippen LogP contribution in [0.4, 0.5) is 5.82 Å². The monoisotopic (exact) mass is 327 g/mol. The molecule has 24 heavy (non-hydrogen) atoms. The van der Waals surface area contributed by atoms with Gasteiger partial charge in [-0.25, -0.2) is 9.97 Å². The number of rotatable bonds is 5. The summed E-state index contributed by atoms with van der Waals surface area (Å²) in [6.45, 7) is 3.68. The second-order valence-electron chi connectivity index (χ2n) is 7.42. The van der Waals surface area contributed by atoms with Gasteiger partial charge in [0.25, 0.3) is 0 Å². The van der Waals surface area contributed by atoms with Crippen LogP contribution in [0.2, 0.25) is 0 Å². The topological polar surface area (TPSA) is 72.6 Å². The van der Waals surface area contributed by atoms with E-state index >= 15 is 0 Å². The average molecular weight is 327 g/mol. The molecule has 4 rings (SSSR count). The second kappa shape index (κ2) is 6.11. The number of aromatic nitrogens is 6. The Hall–Kier alpha value is -2.05. The summed E-state index contributed by atoms with van der Waals surface area (Å²) in [6, 6.07) is 2.05. The lowest BCUT2D eigenvalue weighted by atomic mass is 9.84. The molecule has 2 aliphatic rings. The number of hydrogen-bond acceptors (Lipinski definition) is 6. The van der Waals surface area contributed by atoms with E-state index in [9.17, 15) is 0 Å². The Morgan fingerprint density at radius 2 is 2.08 bits per heavy atom. The SMILES string of the molecule is Cc1cc(N(Cc2nnn(C)n2)CC2CC23CCCCC3)ncn1. The third-order valence-corrected chi connectivity index (χ3v) is 5.64. The number of tetrazole rings is 1. The second-order valence-corrected chi connectivity index (χ2v) is 7.42. The molecule has 0 aliphatic heterocycles. The normalized spacial score (nSPS) is 21.8. The highest BCUT2D eigenvalue weighted by Gasteiger charge is 2.53. The maximum atomic E-state index is 4.49. The van der Waals surface area contributed by atoms with Gasteiger partial charge in [0.2, 0.25) is 0 Å². The first kappa shape index (κ1) is 15.5. The smallest absolute Gasteiger partial charge is 0.194 e. The zero-order valence-electron chi connectivity index (χ0n) is 14.5. The van der Waals surface area contributed by atoms with Gasteiger partial charge in [-0.15, -0.1) is 10.2 Å². The van der Waals surface area contributed by atoms with Crippen molar-refractivity contribution in [2.24, 2.45) is 18.4 Å². The third-order valence-electron chi connectivity index (χ3n) is 5.64. The van der Waals surface area contributed by atoms with E-state index in [4.69, 9.17) is 0 Å². The molecule has 2 aromatic heterocycles. The van der Waals surface area contributed by atoms with Crippen LogP contribution in [-0.2, 0) is 13.6 Å². The quantitative estimate of drug-likeness (QED) is 0.839. The number of hydrogen-bond donors (Lipinski definition) is 0. The highest BCUT2D eigenvalue weighted by molar-refractivity contribution is 5.39. The van der Waals surface area contributed by atoms with Crippen molar-refractivity contribution < 1.29 is 0 Å². The Labute approximate surface area is 142 Å². The van der Waals surface area contributed by atoms with Gasteiger partial charge in [-0.1, -0.05) is 19.3 Å². The first-order valence-electron chi connectivity index (χ1n) is 8.91. The molecule has 0 aromatic carbocycles. The van der Waals surface area contributed by atoms with Gasteiger partial charge in [-0.2, -0.15) is 4.80 Å². The van der Waals surface area contributed by atoms with Crippen LogP contribution in [-0.4, -0.2) is 36.7 Å². The van der Waals surface area contributed by atoms with E-state index in [1.54, 1.807) is 13.4 Å². The molecular weight excluding hydrogens is 302 g/mol. The first-order valence-corrected chi connectivity index (χ1v) is 8.91. The molecule has 2 aliphatic carbocycles. The van der Waals surface area contributed by atoms with Crippen LogP contribution in [0.15, 0.2) is 12.4 Å². The molecule has 0 amide bonds. The standard InChI is InChI=1S/C17H25N7/c1-13-8-16(19-12-18-13)24(11-15-20-22-23(2)21-15)10-14-9-17(14)6-4-3-5-7-17/h8,12,14H,3-7,9-11H2,1-2H3. The van der Waals surface area contributed by atoms with Crippen LogP contribution in [0.25, 0.3) is 0 Å². The zero-order chi connectivity index (χ0) is 16.6. The van der Waals surface area contributed by atoms with E-state index in [-0.39, 0.29) is 0 Å². The summed E-state index contributed by atoms with van der Waals surface area (Å²) in [4.78, 5) is 12.5. The van der Waals surface area contributed by atoms with Crippen molar-refractivity contribution in [2.45, 2.75) is 52.0 Å². The Bertz CT molecular complexity index is 704. The Kier molecular flexibility index (Phi) is 3.94. The van der Waals surface area contributed by atoms with Gasteiger partial charge in [0, 0.05) is 18.3 Å². The third kappa shape index (κ3) is 3.12. The van der Waals surface area contributed by atoms with Crippen molar-refractivity contribution in [1.29, 1.82) is 0 Å². The minimum Gasteiger partial charge on any atom is -0.349 e. The molecule has 0 saturated heterocycles. The molecule has 1 atom stereocenters. The molecular formula is C17H25N7.